The lowest BCUT2D eigenvalue weighted by molar-refractivity contribution is -0.0780. The molecule has 19 heavy (non-hydrogen) atoms. The summed E-state index contributed by atoms with van der Waals surface area (Å²) in [4.78, 5) is 0. The van der Waals surface area contributed by atoms with E-state index < -0.39 is 11.2 Å². The smallest absolute Gasteiger partial charge is 0.0679 e. The topological polar surface area (TPSA) is 40.5 Å². The third-order valence-corrected chi connectivity index (χ3v) is 6.69. The zero-order valence-corrected chi connectivity index (χ0v) is 12.5. The van der Waals surface area contributed by atoms with E-state index in [1.54, 1.807) is 0 Å². The SMILES string of the molecule is C=C(C)C1CC2CCC1C1C(CCC1(C)O)C2(C)O. The van der Waals surface area contributed by atoms with Crippen LogP contribution in [0.2, 0.25) is 0 Å². The molecule has 4 fully saturated rings. The van der Waals surface area contributed by atoms with Crippen LogP contribution in [0.25, 0.3) is 0 Å². The second kappa shape index (κ2) is 4.08. The molecule has 2 heteroatoms. The molecule has 0 spiro atoms. The van der Waals surface area contributed by atoms with E-state index in [4.69, 9.17) is 0 Å². The Morgan fingerprint density at radius 1 is 1.16 bits per heavy atom. The fraction of sp³-hybridized carbons (Fsp3) is 0.882. The first-order valence-corrected chi connectivity index (χ1v) is 7.85. The van der Waals surface area contributed by atoms with E-state index in [-0.39, 0.29) is 11.8 Å². The first kappa shape index (κ1) is 13.6. The molecule has 2 nitrogen and oxygen atoms in total. The number of hydrogen-bond acceptors (Lipinski definition) is 2. The van der Waals surface area contributed by atoms with Gasteiger partial charge in [-0.05, 0) is 82.5 Å². The minimum absolute atomic E-state index is 0.247. The van der Waals surface area contributed by atoms with Crippen molar-refractivity contribution in [2.24, 2.45) is 29.6 Å². The maximum atomic E-state index is 11.1. The molecule has 0 aromatic carbocycles. The molecule has 0 amide bonds. The number of aliphatic hydroxyl groups is 2. The van der Waals surface area contributed by atoms with Gasteiger partial charge >= 0.3 is 0 Å². The minimum Gasteiger partial charge on any atom is -0.390 e. The Kier molecular flexibility index (Phi) is 2.93. The maximum Gasteiger partial charge on any atom is 0.0679 e. The van der Waals surface area contributed by atoms with E-state index in [1.807, 2.05) is 13.8 Å². The summed E-state index contributed by atoms with van der Waals surface area (Å²) in [6.07, 6.45) is 5.14. The van der Waals surface area contributed by atoms with Gasteiger partial charge in [0.05, 0.1) is 11.2 Å². The summed E-state index contributed by atoms with van der Waals surface area (Å²) in [5.74, 6) is 1.91. The third kappa shape index (κ3) is 1.83. The quantitative estimate of drug-likeness (QED) is 0.714. The highest BCUT2D eigenvalue weighted by Gasteiger charge is 2.61. The average Bonchev–Trinajstić information content (AvgIpc) is 2.54. The Balaban J connectivity index is 2.07. The Hall–Kier alpha value is -0.340. The fourth-order valence-corrected chi connectivity index (χ4v) is 5.67. The van der Waals surface area contributed by atoms with Crippen molar-refractivity contribution in [3.05, 3.63) is 12.2 Å². The first-order valence-electron chi connectivity index (χ1n) is 7.85. The van der Waals surface area contributed by atoms with E-state index in [2.05, 4.69) is 13.5 Å². The van der Waals surface area contributed by atoms with Gasteiger partial charge in [0.2, 0.25) is 0 Å². The Bertz CT molecular complexity index is 396. The van der Waals surface area contributed by atoms with Crippen LogP contribution in [0.3, 0.4) is 0 Å². The number of fused-ring (bicyclic) bond motifs is 2. The van der Waals surface area contributed by atoms with Crippen molar-refractivity contribution in [3.8, 4) is 0 Å². The van der Waals surface area contributed by atoms with Crippen LogP contribution >= 0.6 is 0 Å². The molecule has 0 aromatic heterocycles. The van der Waals surface area contributed by atoms with Crippen LogP contribution in [0, 0.1) is 29.6 Å². The number of allylic oxidation sites excluding steroid dienone is 1. The molecule has 7 atom stereocenters. The molecule has 4 aliphatic rings. The maximum absolute atomic E-state index is 11.1. The first-order chi connectivity index (χ1) is 8.75. The lowest BCUT2D eigenvalue weighted by atomic mass is 9.66. The molecular formula is C17H28O2. The summed E-state index contributed by atoms with van der Waals surface area (Å²) in [6.45, 7) is 10.3. The second-order valence-corrected chi connectivity index (χ2v) is 7.88. The fourth-order valence-electron chi connectivity index (χ4n) is 5.67. The van der Waals surface area contributed by atoms with Gasteiger partial charge in [0.25, 0.3) is 0 Å². The molecule has 108 valence electrons. The van der Waals surface area contributed by atoms with Gasteiger partial charge in [-0.2, -0.15) is 0 Å². The van der Waals surface area contributed by atoms with Crippen molar-refractivity contribution in [2.75, 3.05) is 0 Å². The zero-order valence-electron chi connectivity index (χ0n) is 12.5. The monoisotopic (exact) mass is 264 g/mol. The van der Waals surface area contributed by atoms with Gasteiger partial charge in [0.15, 0.2) is 0 Å². The molecule has 2 N–H and O–H groups in total. The predicted molar refractivity (Wildman–Crippen MR) is 76.6 cm³/mol. The van der Waals surface area contributed by atoms with E-state index in [9.17, 15) is 10.2 Å². The number of rotatable bonds is 1. The minimum atomic E-state index is -0.607. The zero-order chi connectivity index (χ0) is 14.0. The molecule has 4 saturated carbocycles. The summed E-state index contributed by atoms with van der Waals surface area (Å²) < 4.78 is 0. The largest absolute Gasteiger partial charge is 0.390 e. The summed E-state index contributed by atoms with van der Waals surface area (Å²) in [7, 11) is 0. The Labute approximate surface area is 116 Å². The summed E-state index contributed by atoms with van der Waals surface area (Å²) >= 11 is 0. The molecule has 0 radical (unpaired) electrons. The summed E-state index contributed by atoms with van der Waals surface area (Å²) in [6, 6.07) is 0. The van der Waals surface area contributed by atoms with Gasteiger partial charge in [-0.1, -0.05) is 12.2 Å². The highest BCUT2D eigenvalue weighted by Crippen LogP contribution is 2.61. The standard InChI is InChI=1S/C17H28O2/c1-10(2)13-9-11-5-6-12(13)15-14(17(11,4)19)7-8-16(15,3)18/h11-15,18-19H,1,5-9H2,2-4H3. The van der Waals surface area contributed by atoms with Crippen molar-refractivity contribution in [1.82, 2.24) is 0 Å². The van der Waals surface area contributed by atoms with Crippen LogP contribution in [0.5, 0.6) is 0 Å². The lowest BCUT2D eigenvalue weighted by Gasteiger charge is -2.40. The van der Waals surface area contributed by atoms with Gasteiger partial charge in [-0.3, -0.25) is 0 Å². The van der Waals surface area contributed by atoms with Crippen LogP contribution in [-0.4, -0.2) is 21.4 Å². The molecule has 0 aromatic rings. The van der Waals surface area contributed by atoms with Crippen LogP contribution < -0.4 is 0 Å². The van der Waals surface area contributed by atoms with Crippen LogP contribution in [0.4, 0.5) is 0 Å². The highest BCUT2D eigenvalue weighted by atomic mass is 16.3. The van der Waals surface area contributed by atoms with Gasteiger partial charge in [-0.15, -0.1) is 0 Å². The van der Waals surface area contributed by atoms with Crippen molar-refractivity contribution < 1.29 is 10.2 Å². The van der Waals surface area contributed by atoms with E-state index >= 15 is 0 Å². The molecule has 4 rings (SSSR count). The van der Waals surface area contributed by atoms with E-state index in [0.717, 1.165) is 32.1 Å². The molecule has 0 heterocycles. The van der Waals surface area contributed by atoms with Crippen molar-refractivity contribution in [1.29, 1.82) is 0 Å². The van der Waals surface area contributed by atoms with Gasteiger partial charge in [0, 0.05) is 0 Å². The molecular weight excluding hydrogens is 236 g/mol. The Morgan fingerprint density at radius 2 is 1.84 bits per heavy atom. The van der Waals surface area contributed by atoms with Crippen molar-refractivity contribution in [3.63, 3.8) is 0 Å². The van der Waals surface area contributed by atoms with E-state index in [1.165, 1.54) is 5.57 Å². The summed E-state index contributed by atoms with van der Waals surface area (Å²) in [5, 5.41) is 21.9. The van der Waals surface area contributed by atoms with Gasteiger partial charge in [0.1, 0.15) is 0 Å². The third-order valence-electron chi connectivity index (χ3n) is 6.69. The molecule has 7 unspecified atom stereocenters. The van der Waals surface area contributed by atoms with Gasteiger partial charge in [-0.25, -0.2) is 0 Å². The van der Waals surface area contributed by atoms with Crippen LogP contribution in [0.1, 0.15) is 52.9 Å². The summed E-state index contributed by atoms with van der Waals surface area (Å²) in [5.41, 5.74) is 0.0324. The highest BCUT2D eigenvalue weighted by molar-refractivity contribution is 5.15. The molecule has 0 aliphatic heterocycles. The predicted octanol–water partition coefficient (Wildman–Crippen LogP) is 3.14. The van der Waals surface area contributed by atoms with Gasteiger partial charge < -0.3 is 10.2 Å². The van der Waals surface area contributed by atoms with Crippen molar-refractivity contribution >= 4 is 0 Å². The van der Waals surface area contributed by atoms with Crippen LogP contribution in [0.15, 0.2) is 12.2 Å². The molecule has 4 aliphatic carbocycles. The van der Waals surface area contributed by atoms with Crippen molar-refractivity contribution in [2.45, 2.75) is 64.1 Å². The normalized spacial score (nSPS) is 56.8. The lowest BCUT2D eigenvalue weighted by Crippen LogP contribution is -2.44. The molecule has 2 bridgehead atoms. The second-order valence-electron chi connectivity index (χ2n) is 7.88. The number of hydrogen-bond donors (Lipinski definition) is 2. The Morgan fingerprint density at radius 3 is 2.47 bits per heavy atom. The van der Waals surface area contributed by atoms with Crippen LogP contribution in [-0.2, 0) is 0 Å². The average molecular weight is 264 g/mol. The molecule has 0 saturated heterocycles. The van der Waals surface area contributed by atoms with E-state index in [0.29, 0.717) is 17.8 Å².